The van der Waals surface area contributed by atoms with E-state index in [1.807, 2.05) is 25.1 Å². The van der Waals surface area contributed by atoms with Gasteiger partial charge in [0.1, 0.15) is 0 Å². The number of aliphatic hydroxyl groups is 1. The number of nitrogens with zero attached hydrogens (tertiary/aromatic N) is 1. The fourth-order valence-corrected chi connectivity index (χ4v) is 2.06. The highest BCUT2D eigenvalue weighted by Crippen LogP contribution is 2.29. The Balaban J connectivity index is 3.11. The monoisotopic (exact) mass is 221 g/mol. The number of rotatable bonds is 5. The molecule has 0 heterocycles. The van der Waals surface area contributed by atoms with Crippen LogP contribution in [0.2, 0.25) is 0 Å². The van der Waals surface area contributed by atoms with Crippen LogP contribution < -0.4 is 4.90 Å². The number of hydrogen-bond acceptors (Lipinski definition) is 2. The molecule has 1 aromatic rings. The van der Waals surface area contributed by atoms with Crippen molar-refractivity contribution in [2.24, 2.45) is 0 Å². The summed E-state index contributed by atoms with van der Waals surface area (Å²) in [5, 5.41) is 10.0. The Kier molecular flexibility index (Phi) is 4.81. The number of para-hydroxylation sites is 1. The van der Waals surface area contributed by atoms with Gasteiger partial charge in [0.15, 0.2) is 0 Å². The summed E-state index contributed by atoms with van der Waals surface area (Å²) in [5.41, 5.74) is 2.20. The lowest BCUT2D eigenvalue weighted by Gasteiger charge is -2.30. The molecule has 0 spiro atoms. The van der Waals surface area contributed by atoms with Crippen LogP contribution in [0, 0.1) is 0 Å². The van der Waals surface area contributed by atoms with Crippen molar-refractivity contribution in [3.8, 4) is 0 Å². The average Bonchev–Trinajstić information content (AvgIpc) is 2.29. The molecule has 90 valence electrons. The maximum absolute atomic E-state index is 10.0. The van der Waals surface area contributed by atoms with Gasteiger partial charge < -0.3 is 10.0 Å². The molecular weight excluding hydrogens is 198 g/mol. The third-order valence-electron chi connectivity index (χ3n) is 2.96. The highest BCUT2D eigenvalue weighted by atomic mass is 16.3. The summed E-state index contributed by atoms with van der Waals surface area (Å²) >= 11 is 0. The molecule has 0 radical (unpaired) electrons. The van der Waals surface area contributed by atoms with Crippen LogP contribution in [0.15, 0.2) is 24.3 Å². The van der Waals surface area contributed by atoms with E-state index in [0.717, 1.165) is 24.2 Å². The number of aliphatic hydroxyl groups excluding tert-OH is 1. The van der Waals surface area contributed by atoms with E-state index in [2.05, 4.69) is 31.7 Å². The Labute approximate surface area is 98.9 Å². The molecule has 1 rings (SSSR count). The van der Waals surface area contributed by atoms with E-state index in [-0.39, 0.29) is 6.10 Å². The fraction of sp³-hybridized carbons (Fsp3) is 0.571. The number of anilines is 1. The summed E-state index contributed by atoms with van der Waals surface area (Å²) in [5.74, 6) is 0. The Morgan fingerprint density at radius 1 is 1.19 bits per heavy atom. The molecule has 0 saturated heterocycles. The quantitative estimate of drug-likeness (QED) is 0.824. The van der Waals surface area contributed by atoms with Crippen LogP contribution in [0.5, 0.6) is 0 Å². The van der Waals surface area contributed by atoms with Crippen LogP contribution in [-0.4, -0.2) is 17.7 Å². The van der Waals surface area contributed by atoms with E-state index in [4.69, 9.17) is 0 Å². The van der Waals surface area contributed by atoms with Gasteiger partial charge in [-0.05, 0) is 33.3 Å². The van der Waals surface area contributed by atoms with Gasteiger partial charge in [-0.2, -0.15) is 0 Å². The highest BCUT2D eigenvalue weighted by Gasteiger charge is 2.16. The predicted molar refractivity (Wildman–Crippen MR) is 69.8 cm³/mol. The lowest BCUT2D eigenvalue weighted by atomic mass is 10.0. The standard InChI is InChI=1S/C14H23NO/c1-5-14(16)12-9-7-8-10-13(12)15(6-2)11(3)4/h7-11,14,16H,5-6H2,1-4H3. The summed E-state index contributed by atoms with van der Waals surface area (Å²) in [6.07, 6.45) is 0.399. The van der Waals surface area contributed by atoms with Crippen molar-refractivity contribution >= 4 is 5.69 Å². The first-order valence-corrected chi connectivity index (χ1v) is 6.15. The Bertz CT molecular complexity index is 322. The Morgan fingerprint density at radius 2 is 1.81 bits per heavy atom. The van der Waals surface area contributed by atoms with Gasteiger partial charge in [0.25, 0.3) is 0 Å². The molecule has 0 aliphatic carbocycles. The van der Waals surface area contributed by atoms with Crippen molar-refractivity contribution < 1.29 is 5.11 Å². The zero-order valence-electron chi connectivity index (χ0n) is 10.8. The minimum Gasteiger partial charge on any atom is -0.388 e. The smallest absolute Gasteiger partial charge is 0.0807 e. The summed E-state index contributed by atoms with van der Waals surface area (Å²) in [6, 6.07) is 8.60. The van der Waals surface area contributed by atoms with E-state index in [9.17, 15) is 5.11 Å². The molecule has 0 saturated carbocycles. The van der Waals surface area contributed by atoms with Gasteiger partial charge in [-0.1, -0.05) is 25.1 Å². The van der Waals surface area contributed by atoms with E-state index in [0.29, 0.717) is 6.04 Å². The zero-order chi connectivity index (χ0) is 12.1. The summed E-state index contributed by atoms with van der Waals surface area (Å²) in [4.78, 5) is 2.31. The minimum atomic E-state index is -0.357. The molecule has 0 aromatic heterocycles. The molecule has 2 nitrogen and oxygen atoms in total. The molecule has 2 heteroatoms. The van der Waals surface area contributed by atoms with Gasteiger partial charge in [0, 0.05) is 23.8 Å². The van der Waals surface area contributed by atoms with Crippen molar-refractivity contribution in [2.75, 3.05) is 11.4 Å². The average molecular weight is 221 g/mol. The van der Waals surface area contributed by atoms with Crippen molar-refractivity contribution in [3.63, 3.8) is 0 Å². The third-order valence-corrected chi connectivity index (χ3v) is 2.96. The van der Waals surface area contributed by atoms with Crippen LogP contribution >= 0.6 is 0 Å². The minimum absolute atomic E-state index is 0.357. The third kappa shape index (κ3) is 2.76. The van der Waals surface area contributed by atoms with Gasteiger partial charge in [-0.15, -0.1) is 0 Å². The molecule has 1 N–H and O–H groups in total. The molecule has 0 amide bonds. The van der Waals surface area contributed by atoms with Gasteiger partial charge >= 0.3 is 0 Å². The van der Waals surface area contributed by atoms with Crippen molar-refractivity contribution in [3.05, 3.63) is 29.8 Å². The maximum atomic E-state index is 10.0. The van der Waals surface area contributed by atoms with Gasteiger partial charge in [-0.3, -0.25) is 0 Å². The molecule has 0 aliphatic rings. The van der Waals surface area contributed by atoms with E-state index in [1.165, 1.54) is 0 Å². The molecule has 0 bridgehead atoms. The largest absolute Gasteiger partial charge is 0.388 e. The molecule has 0 fully saturated rings. The normalized spacial score (nSPS) is 12.9. The van der Waals surface area contributed by atoms with E-state index in [1.54, 1.807) is 0 Å². The SMILES string of the molecule is CCC(O)c1ccccc1N(CC)C(C)C. The summed E-state index contributed by atoms with van der Waals surface area (Å²) < 4.78 is 0. The van der Waals surface area contributed by atoms with Crippen molar-refractivity contribution in [1.29, 1.82) is 0 Å². The Hall–Kier alpha value is -1.02. The predicted octanol–water partition coefficient (Wildman–Crippen LogP) is 3.36. The first-order valence-electron chi connectivity index (χ1n) is 6.15. The summed E-state index contributed by atoms with van der Waals surface area (Å²) in [7, 11) is 0. The van der Waals surface area contributed by atoms with Gasteiger partial charge in [0.2, 0.25) is 0 Å². The van der Waals surface area contributed by atoms with Crippen LogP contribution in [-0.2, 0) is 0 Å². The molecule has 0 aliphatic heterocycles. The first kappa shape index (κ1) is 13.0. The lowest BCUT2D eigenvalue weighted by molar-refractivity contribution is 0.174. The molecule has 1 unspecified atom stereocenters. The highest BCUT2D eigenvalue weighted by molar-refractivity contribution is 5.55. The molecule has 1 atom stereocenters. The Morgan fingerprint density at radius 3 is 2.31 bits per heavy atom. The lowest BCUT2D eigenvalue weighted by Crippen LogP contribution is -2.31. The van der Waals surface area contributed by atoms with Crippen LogP contribution in [0.1, 0.15) is 45.8 Å². The van der Waals surface area contributed by atoms with E-state index < -0.39 is 0 Å². The maximum Gasteiger partial charge on any atom is 0.0807 e. The fourth-order valence-electron chi connectivity index (χ4n) is 2.06. The van der Waals surface area contributed by atoms with Crippen LogP contribution in [0.25, 0.3) is 0 Å². The zero-order valence-corrected chi connectivity index (χ0v) is 10.8. The summed E-state index contributed by atoms with van der Waals surface area (Å²) in [6.45, 7) is 9.48. The number of hydrogen-bond donors (Lipinski definition) is 1. The van der Waals surface area contributed by atoms with Crippen molar-refractivity contribution in [2.45, 2.75) is 46.3 Å². The first-order chi connectivity index (χ1) is 7.61. The second-order valence-corrected chi connectivity index (χ2v) is 4.36. The van der Waals surface area contributed by atoms with Gasteiger partial charge in [-0.25, -0.2) is 0 Å². The second-order valence-electron chi connectivity index (χ2n) is 4.36. The van der Waals surface area contributed by atoms with Gasteiger partial charge in [0.05, 0.1) is 6.10 Å². The number of benzene rings is 1. The molecule has 16 heavy (non-hydrogen) atoms. The van der Waals surface area contributed by atoms with Crippen LogP contribution in [0.4, 0.5) is 5.69 Å². The molecule has 1 aromatic carbocycles. The second kappa shape index (κ2) is 5.90. The van der Waals surface area contributed by atoms with Crippen LogP contribution in [0.3, 0.4) is 0 Å². The van der Waals surface area contributed by atoms with E-state index >= 15 is 0 Å². The van der Waals surface area contributed by atoms with Crippen molar-refractivity contribution in [1.82, 2.24) is 0 Å². The molecular formula is C14H23NO. The topological polar surface area (TPSA) is 23.5 Å².